The Kier molecular flexibility index (Phi) is 5.85. The Balaban J connectivity index is 1.38. The van der Waals surface area contributed by atoms with Gasteiger partial charge >= 0.3 is 0 Å². The molecule has 0 bridgehead atoms. The number of carbonyl (C=O) groups is 1. The van der Waals surface area contributed by atoms with Crippen molar-refractivity contribution in [1.29, 1.82) is 0 Å². The van der Waals surface area contributed by atoms with Crippen LogP contribution in [0.3, 0.4) is 0 Å². The lowest BCUT2D eigenvalue weighted by Crippen LogP contribution is -2.49. The summed E-state index contributed by atoms with van der Waals surface area (Å²) in [5.41, 5.74) is 1.38. The Morgan fingerprint density at radius 2 is 1.57 bits per heavy atom. The zero-order valence-electron chi connectivity index (χ0n) is 15.4. The highest BCUT2D eigenvalue weighted by atomic mass is 35.5. The van der Waals surface area contributed by atoms with Gasteiger partial charge in [-0.2, -0.15) is 0 Å². The summed E-state index contributed by atoms with van der Waals surface area (Å²) in [5.74, 6) is 0.874. The van der Waals surface area contributed by atoms with Gasteiger partial charge in [0.05, 0.1) is 34.5 Å². The van der Waals surface area contributed by atoms with E-state index in [0.717, 1.165) is 24.6 Å². The highest BCUT2D eigenvalue weighted by molar-refractivity contribution is 6.38. The molecule has 1 amide bonds. The second-order valence-corrected chi connectivity index (χ2v) is 7.55. The number of hydrogen-bond donors (Lipinski definition) is 0. The van der Waals surface area contributed by atoms with Crippen LogP contribution in [-0.2, 0) is 4.74 Å². The van der Waals surface area contributed by atoms with E-state index in [9.17, 15) is 4.79 Å². The minimum absolute atomic E-state index is 0.00685. The third-order valence-electron chi connectivity index (χ3n) is 5.04. The third-order valence-corrected chi connectivity index (χ3v) is 5.59. The molecule has 0 radical (unpaired) electrons. The fourth-order valence-electron chi connectivity index (χ4n) is 3.51. The molecule has 0 aromatic carbocycles. The van der Waals surface area contributed by atoms with E-state index in [1.807, 2.05) is 17.0 Å². The van der Waals surface area contributed by atoms with Crippen molar-refractivity contribution < 1.29 is 9.53 Å². The first-order valence-electron chi connectivity index (χ1n) is 9.25. The summed E-state index contributed by atoms with van der Waals surface area (Å²) < 4.78 is 5.36. The van der Waals surface area contributed by atoms with Crippen LogP contribution in [0.5, 0.6) is 0 Å². The number of pyridine rings is 2. The van der Waals surface area contributed by atoms with E-state index >= 15 is 0 Å². The van der Waals surface area contributed by atoms with Gasteiger partial charge < -0.3 is 19.4 Å². The molecular formula is C19H21Cl2N5O2. The van der Waals surface area contributed by atoms with Crippen LogP contribution < -0.4 is 9.80 Å². The van der Waals surface area contributed by atoms with Crippen LogP contribution >= 0.6 is 23.2 Å². The number of ether oxygens (including phenoxy) is 1. The summed E-state index contributed by atoms with van der Waals surface area (Å²) in [5, 5.41) is 1.05. The molecule has 2 aromatic heterocycles. The van der Waals surface area contributed by atoms with E-state index in [1.165, 1.54) is 0 Å². The molecular weight excluding hydrogens is 401 g/mol. The van der Waals surface area contributed by atoms with Crippen molar-refractivity contribution in [2.45, 2.75) is 0 Å². The van der Waals surface area contributed by atoms with Gasteiger partial charge in [0.2, 0.25) is 0 Å². The van der Waals surface area contributed by atoms with Gasteiger partial charge in [0.1, 0.15) is 5.82 Å². The third kappa shape index (κ3) is 4.01. The summed E-state index contributed by atoms with van der Waals surface area (Å²) in [7, 11) is 0. The number of amides is 1. The summed E-state index contributed by atoms with van der Waals surface area (Å²) in [4.78, 5) is 27.4. The molecule has 2 aliphatic heterocycles. The molecule has 148 valence electrons. The summed E-state index contributed by atoms with van der Waals surface area (Å²) in [6.07, 6.45) is 4.83. The first kappa shape index (κ1) is 19.2. The molecule has 7 nitrogen and oxygen atoms in total. The van der Waals surface area contributed by atoms with E-state index in [1.54, 1.807) is 18.6 Å². The maximum Gasteiger partial charge on any atom is 0.255 e. The lowest BCUT2D eigenvalue weighted by atomic mass is 10.2. The minimum Gasteiger partial charge on any atom is -0.378 e. The average molecular weight is 422 g/mol. The molecule has 0 N–H and O–H groups in total. The van der Waals surface area contributed by atoms with Crippen molar-refractivity contribution in [3.8, 4) is 0 Å². The lowest BCUT2D eigenvalue weighted by Gasteiger charge is -2.36. The van der Waals surface area contributed by atoms with Crippen molar-refractivity contribution in [1.82, 2.24) is 14.9 Å². The average Bonchev–Trinajstić information content (AvgIpc) is 2.74. The predicted octanol–water partition coefficient (Wildman–Crippen LogP) is 2.58. The molecule has 0 spiro atoms. The van der Waals surface area contributed by atoms with Crippen LogP contribution in [0.25, 0.3) is 0 Å². The van der Waals surface area contributed by atoms with E-state index in [-0.39, 0.29) is 5.91 Å². The normalized spacial score (nSPS) is 17.7. The Hall–Kier alpha value is -2.09. The molecule has 2 saturated heterocycles. The van der Waals surface area contributed by atoms with Crippen molar-refractivity contribution in [2.24, 2.45) is 0 Å². The van der Waals surface area contributed by atoms with Crippen LogP contribution in [0.2, 0.25) is 10.0 Å². The van der Waals surface area contributed by atoms with Gasteiger partial charge in [0, 0.05) is 57.9 Å². The monoisotopic (exact) mass is 421 g/mol. The summed E-state index contributed by atoms with van der Waals surface area (Å²) in [6.45, 7) is 5.57. The van der Waals surface area contributed by atoms with Crippen LogP contribution in [-0.4, -0.2) is 73.3 Å². The first-order valence-corrected chi connectivity index (χ1v) is 10.0. The minimum atomic E-state index is -0.00685. The molecule has 4 rings (SSSR count). The number of morpholine rings is 1. The number of rotatable bonds is 3. The SMILES string of the molecule is O=C(c1ccc(N2CCOCC2)nc1)N1CCN(c2c(Cl)cncc2Cl)CC1. The smallest absolute Gasteiger partial charge is 0.255 e. The number of halogens is 2. The number of nitrogens with zero attached hydrogens (tertiary/aromatic N) is 5. The fourth-order valence-corrected chi connectivity index (χ4v) is 4.12. The molecule has 2 aromatic rings. The van der Waals surface area contributed by atoms with Crippen molar-refractivity contribution >= 4 is 40.6 Å². The fraction of sp³-hybridized carbons (Fsp3) is 0.421. The van der Waals surface area contributed by atoms with Gasteiger partial charge in [-0.25, -0.2) is 4.98 Å². The highest BCUT2D eigenvalue weighted by Gasteiger charge is 2.25. The Bertz CT molecular complexity index is 814. The number of piperazine rings is 1. The van der Waals surface area contributed by atoms with Crippen molar-refractivity contribution in [3.63, 3.8) is 0 Å². The number of aromatic nitrogens is 2. The molecule has 2 aliphatic rings. The van der Waals surface area contributed by atoms with Gasteiger partial charge in [0.25, 0.3) is 5.91 Å². The molecule has 9 heteroatoms. The number of anilines is 2. The Morgan fingerprint density at radius 1 is 0.893 bits per heavy atom. The standard InChI is InChI=1S/C19H21Cl2N5O2/c20-15-12-22-13-16(21)18(15)25-3-5-26(6-4-25)19(27)14-1-2-17(23-11-14)24-7-9-28-10-8-24/h1-2,11-13H,3-10H2. The van der Waals surface area contributed by atoms with Crippen LogP contribution in [0.4, 0.5) is 11.5 Å². The molecule has 0 aliphatic carbocycles. The van der Waals surface area contributed by atoms with Gasteiger partial charge in [-0.3, -0.25) is 9.78 Å². The Labute approximate surface area is 173 Å². The van der Waals surface area contributed by atoms with Gasteiger partial charge in [-0.1, -0.05) is 23.2 Å². The zero-order valence-corrected chi connectivity index (χ0v) is 16.9. The maximum absolute atomic E-state index is 12.8. The van der Waals surface area contributed by atoms with Crippen LogP contribution in [0.15, 0.2) is 30.7 Å². The van der Waals surface area contributed by atoms with E-state index in [0.29, 0.717) is 55.0 Å². The predicted molar refractivity (Wildman–Crippen MR) is 110 cm³/mol. The first-order chi connectivity index (χ1) is 13.6. The van der Waals surface area contributed by atoms with Crippen LogP contribution in [0.1, 0.15) is 10.4 Å². The molecule has 0 atom stereocenters. The Morgan fingerprint density at radius 3 is 2.18 bits per heavy atom. The van der Waals surface area contributed by atoms with E-state index < -0.39 is 0 Å². The summed E-state index contributed by atoms with van der Waals surface area (Å²) >= 11 is 12.5. The zero-order chi connectivity index (χ0) is 19.5. The lowest BCUT2D eigenvalue weighted by molar-refractivity contribution is 0.0746. The molecule has 0 unspecified atom stereocenters. The van der Waals surface area contributed by atoms with Crippen molar-refractivity contribution in [3.05, 3.63) is 46.3 Å². The van der Waals surface area contributed by atoms with Crippen LogP contribution in [0, 0.1) is 0 Å². The highest BCUT2D eigenvalue weighted by Crippen LogP contribution is 2.33. The van der Waals surface area contributed by atoms with Gasteiger partial charge in [0.15, 0.2) is 0 Å². The van der Waals surface area contributed by atoms with Crippen molar-refractivity contribution in [2.75, 3.05) is 62.3 Å². The largest absolute Gasteiger partial charge is 0.378 e. The quantitative estimate of drug-likeness (QED) is 0.758. The second kappa shape index (κ2) is 8.51. The number of hydrogen-bond acceptors (Lipinski definition) is 6. The maximum atomic E-state index is 12.8. The van der Waals surface area contributed by atoms with E-state index in [4.69, 9.17) is 27.9 Å². The summed E-state index contributed by atoms with van der Waals surface area (Å²) in [6, 6.07) is 3.76. The number of carbonyl (C=O) groups excluding carboxylic acids is 1. The van der Waals surface area contributed by atoms with Gasteiger partial charge in [-0.05, 0) is 12.1 Å². The van der Waals surface area contributed by atoms with Gasteiger partial charge in [-0.15, -0.1) is 0 Å². The topological polar surface area (TPSA) is 61.8 Å². The van der Waals surface area contributed by atoms with E-state index in [2.05, 4.69) is 19.8 Å². The second-order valence-electron chi connectivity index (χ2n) is 6.74. The molecule has 4 heterocycles. The molecule has 0 saturated carbocycles. The molecule has 2 fully saturated rings. The molecule has 28 heavy (non-hydrogen) atoms.